The summed E-state index contributed by atoms with van der Waals surface area (Å²) in [6.45, 7) is 4.35. The zero-order valence-electron chi connectivity index (χ0n) is 14.6. The lowest BCUT2D eigenvalue weighted by atomic mass is 9.72. The Hall–Kier alpha value is -2.12. The van der Waals surface area contributed by atoms with E-state index in [4.69, 9.17) is 20.9 Å². The van der Waals surface area contributed by atoms with Crippen molar-refractivity contribution in [3.8, 4) is 0 Å². The van der Waals surface area contributed by atoms with Crippen LogP contribution in [0, 0.1) is 12.3 Å². The zero-order chi connectivity index (χ0) is 18.1. The maximum absolute atomic E-state index is 12.8. The van der Waals surface area contributed by atoms with Crippen molar-refractivity contribution < 1.29 is 14.1 Å². The number of carbonyl (C=O) groups excluding carboxylic acids is 1. The molecular formula is C18H21ClN4O3. The summed E-state index contributed by atoms with van der Waals surface area (Å²) < 4.78 is 11.0. The van der Waals surface area contributed by atoms with Crippen molar-refractivity contribution in [2.75, 3.05) is 31.6 Å². The fourth-order valence-electron chi connectivity index (χ4n) is 3.96. The van der Waals surface area contributed by atoms with Crippen molar-refractivity contribution >= 4 is 23.3 Å². The van der Waals surface area contributed by atoms with Crippen LogP contribution in [-0.2, 0) is 4.74 Å². The topological polar surface area (TPSA) is 80.5 Å². The first-order valence-corrected chi connectivity index (χ1v) is 9.14. The Morgan fingerprint density at radius 1 is 1.35 bits per heavy atom. The Morgan fingerprint density at radius 2 is 2.12 bits per heavy atom. The number of rotatable bonds is 2. The van der Waals surface area contributed by atoms with E-state index in [-0.39, 0.29) is 17.4 Å². The minimum Gasteiger partial charge on any atom is -0.381 e. The lowest BCUT2D eigenvalue weighted by Crippen LogP contribution is -2.38. The Morgan fingerprint density at radius 3 is 2.81 bits per heavy atom. The molecule has 2 saturated heterocycles. The van der Waals surface area contributed by atoms with Gasteiger partial charge in [0.05, 0.1) is 16.6 Å². The normalized spacial score (nSPS) is 21.9. The molecule has 1 aromatic heterocycles. The van der Waals surface area contributed by atoms with Gasteiger partial charge >= 0.3 is 6.03 Å². The lowest BCUT2D eigenvalue weighted by Gasteiger charge is -2.36. The van der Waals surface area contributed by atoms with Crippen LogP contribution < -0.4 is 5.32 Å². The van der Waals surface area contributed by atoms with E-state index >= 15 is 0 Å². The number of likely N-dealkylation sites (tertiary alicyclic amines) is 1. The smallest absolute Gasteiger partial charge is 0.321 e. The van der Waals surface area contributed by atoms with Gasteiger partial charge in [0.1, 0.15) is 0 Å². The van der Waals surface area contributed by atoms with E-state index in [2.05, 4.69) is 15.5 Å². The molecule has 0 unspecified atom stereocenters. The van der Waals surface area contributed by atoms with Gasteiger partial charge in [-0.05, 0) is 31.9 Å². The molecule has 1 spiro atoms. The highest BCUT2D eigenvalue weighted by atomic mass is 35.5. The van der Waals surface area contributed by atoms with Gasteiger partial charge in [-0.25, -0.2) is 4.79 Å². The summed E-state index contributed by atoms with van der Waals surface area (Å²) in [5, 5.41) is 7.36. The summed E-state index contributed by atoms with van der Waals surface area (Å²) in [5.74, 6) is 1.24. The van der Waals surface area contributed by atoms with Crippen LogP contribution in [0.1, 0.15) is 30.5 Å². The minimum absolute atomic E-state index is 0.0181. The summed E-state index contributed by atoms with van der Waals surface area (Å²) in [7, 11) is 0. The molecule has 4 rings (SSSR count). The maximum atomic E-state index is 12.8. The maximum Gasteiger partial charge on any atom is 0.321 e. The number of nitrogens with one attached hydrogen (secondary N) is 1. The van der Waals surface area contributed by atoms with Gasteiger partial charge in [-0.3, -0.25) is 0 Å². The third-order valence-electron chi connectivity index (χ3n) is 5.38. The first-order valence-electron chi connectivity index (χ1n) is 8.76. The molecule has 2 fully saturated rings. The highest BCUT2D eigenvalue weighted by Crippen LogP contribution is 2.49. The molecule has 7 nitrogen and oxygen atoms in total. The molecule has 1 atom stereocenters. The SMILES string of the molecule is Cc1noc([C@@H]2CN(C(=O)Nc3ccccc3Cl)CC23CCOCC3)n1. The number of hydrogen-bond acceptors (Lipinski definition) is 5. The van der Waals surface area contributed by atoms with Crippen LogP contribution in [-0.4, -0.2) is 47.4 Å². The second-order valence-electron chi connectivity index (χ2n) is 7.00. The largest absolute Gasteiger partial charge is 0.381 e. The Bertz CT molecular complexity index is 803. The fraction of sp³-hybridized carbons (Fsp3) is 0.500. The minimum atomic E-state index is -0.164. The number of hydrogen-bond donors (Lipinski definition) is 1. The fourth-order valence-corrected chi connectivity index (χ4v) is 4.14. The van der Waals surface area contributed by atoms with Crippen LogP contribution in [0.4, 0.5) is 10.5 Å². The molecular weight excluding hydrogens is 356 g/mol. The number of aryl methyl sites for hydroxylation is 1. The number of nitrogens with zero attached hydrogens (tertiary/aromatic N) is 3. The molecule has 138 valence electrons. The molecule has 1 N–H and O–H groups in total. The second kappa shape index (κ2) is 6.89. The van der Waals surface area contributed by atoms with Crippen molar-refractivity contribution in [2.45, 2.75) is 25.7 Å². The quantitative estimate of drug-likeness (QED) is 0.868. The van der Waals surface area contributed by atoms with Gasteiger partial charge in [0.25, 0.3) is 0 Å². The van der Waals surface area contributed by atoms with Gasteiger partial charge in [-0.1, -0.05) is 28.9 Å². The van der Waals surface area contributed by atoms with E-state index in [1.807, 2.05) is 17.0 Å². The van der Waals surface area contributed by atoms with E-state index in [1.165, 1.54) is 0 Å². The number of anilines is 1. The molecule has 0 radical (unpaired) electrons. The standard InChI is InChI=1S/C18H21ClN4O3/c1-12-20-16(26-22-12)13-10-23(11-18(13)6-8-25-9-7-18)17(24)21-15-5-3-2-4-14(15)19/h2-5,13H,6-11H2,1H3,(H,21,24)/t13-/m0/s1. The van der Waals surface area contributed by atoms with Crippen LogP contribution in [0.25, 0.3) is 0 Å². The average Bonchev–Trinajstić information content (AvgIpc) is 3.22. The van der Waals surface area contributed by atoms with E-state index in [0.29, 0.717) is 48.7 Å². The van der Waals surface area contributed by atoms with Crippen LogP contribution in [0.2, 0.25) is 5.02 Å². The summed E-state index contributed by atoms with van der Waals surface area (Å²) >= 11 is 6.16. The predicted octanol–water partition coefficient (Wildman–Crippen LogP) is 3.46. The predicted molar refractivity (Wildman–Crippen MR) is 96.3 cm³/mol. The third kappa shape index (κ3) is 3.17. The van der Waals surface area contributed by atoms with Gasteiger partial charge in [0.2, 0.25) is 5.89 Å². The van der Waals surface area contributed by atoms with E-state index in [1.54, 1.807) is 19.1 Å². The molecule has 0 bridgehead atoms. The van der Waals surface area contributed by atoms with Crippen LogP contribution >= 0.6 is 11.6 Å². The van der Waals surface area contributed by atoms with E-state index in [0.717, 1.165) is 12.8 Å². The number of carbonyl (C=O) groups is 1. The van der Waals surface area contributed by atoms with Crippen molar-refractivity contribution in [2.24, 2.45) is 5.41 Å². The molecule has 1 aromatic carbocycles. The average molecular weight is 377 g/mol. The van der Waals surface area contributed by atoms with Crippen molar-refractivity contribution in [3.63, 3.8) is 0 Å². The molecule has 0 aliphatic carbocycles. The summed E-state index contributed by atoms with van der Waals surface area (Å²) in [6.07, 6.45) is 1.74. The number of aromatic nitrogens is 2. The molecule has 2 aliphatic heterocycles. The molecule has 3 heterocycles. The van der Waals surface area contributed by atoms with E-state index in [9.17, 15) is 4.79 Å². The summed E-state index contributed by atoms with van der Waals surface area (Å²) in [6, 6.07) is 7.06. The number of urea groups is 1. The van der Waals surface area contributed by atoms with Gasteiger partial charge in [0.15, 0.2) is 5.82 Å². The molecule has 2 aliphatic rings. The number of halogens is 1. The van der Waals surface area contributed by atoms with Crippen molar-refractivity contribution in [1.82, 2.24) is 15.0 Å². The Labute approximate surface area is 156 Å². The highest BCUT2D eigenvalue weighted by molar-refractivity contribution is 6.33. The number of amides is 2. The van der Waals surface area contributed by atoms with Crippen molar-refractivity contribution in [3.05, 3.63) is 41.0 Å². The molecule has 8 heteroatoms. The van der Waals surface area contributed by atoms with Crippen LogP contribution in [0.5, 0.6) is 0 Å². The first kappa shape index (κ1) is 17.3. The highest BCUT2D eigenvalue weighted by Gasteiger charge is 2.51. The van der Waals surface area contributed by atoms with Crippen LogP contribution in [0.15, 0.2) is 28.8 Å². The number of ether oxygens (including phenoxy) is 1. The van der Waals surface area contributed by atoms with Gasteiger partial charge < -0.3 is 19.5 Å². The molecule has 2 aromatic rings. The Balaban J connectivity index is 1.56. The number of benzene rings is 1. The first-order chi connectivity index (χ1) is 12.6. The molecule has 26 heavy (non-hydrogen) atoms. The van der Waals surface area contributed by atoms with Crippen molar-refractivity contribution in [1.29, 1.82) is 0 Å². The molecule has 0 saturated carbocycles. The van der Waals surface area contributed by atoms with Crippen LogP contribution in [0.3, 0.4) is 0 Å². The third-order valence-corrected chi connectivity index (χ3v) is 5.71. The molecule has 2 amide bonds. The zero-order valence-corrected chi connectivity index (χ0v) is 15.3. The lowest BCUT2D eigenvalue weighted by molar-refractivity contribution is 0.00959. The Kier molecular flexibility index (Phi) is 4.58. The van der Waals surface area contributed by atoms with Gasteiger partial charge in [-0.2, -0.15) is 4.98 Å². The summed E-state index contributed by atoms with van der Waals surface area (Å²) in [5.41, 5.74) is 0.520. The van der Waals surface area contributed by atoms with E-state index < -0.39 is 0 Å². The monoisotopic (exact) mass is 376 g/mol. The van der Waals surface area contributed by atoms with Gasteiger partial charge in [0, 0.05) is 31.7 Å². The second-order valence-corrected chi connectivity index (χ2v) is 7.40. The van der Waals surface area contributed by atoms with Gasteiger partial charge in [-0.15, -0.1) is 0 Å². The summed E-state index contributed by atoms with van der Waals surface area (Å²) in [4.78, 5) is 19.1. The number of para-hydroxylation sites is 1.